The zero-order valence-corrected chi connectivity index (χ0v) is 80.4. The van der Waals surface area contributed by atoms with Crippen LogP contribution in [0.4, 0.5) is 45.4 Å². The number of amides is 5. The number of furan rings is 4. The van der Waals surface area contributed by atoms with E-state index in [1.54, 1.807) is 163 Å². The van der Waals surface area contributed by atoms with Gasteiger partial charge in [0, 0.05) is 58.1 Å². The molecule has 0 atom stereocenters. The maximum atomic E-state index is 13.0. The Morgan fingerprint density at radius 2 is 0.860 bits per heavy atom. The summed E-state index contributed by atoms with van der Waals surface area (Å²) >= 11 is 36.8. The molecule has 45 heteroatoms. The second-order valence-corrected chi connectivity index (χ2v) is 37.2. The number of hydrogen-bond acceptors (Lipinski definition) is 27. The van der Waals surface area contributed by atoms with Crippen LogP contribution < -0.4 is 30.1 Å². The number of anilines is 3. The highest BCUT2D eigenvalue weighted by Crippen LogP contribution is 2.44. The van der Waals surface area contributed by atoms with Gasteiger partial charge in [-0.15, -0.1) is 24.5 Å². The highest BCUT2D eigenvalue weighted by molar-refractivity contribution is 8.20. The number of nitrogens with one attached hydrogen (secondary N) is 5. The van der Waals surface area contributed by atoms with E-state index in [1.165, 1.54) is 142 Å². The monoisotopic (exact) mass is 2140 g/mol. The predicted octanol–water partition coefficient (Wildman–Crippen LogP) is 25.7. The molecule has 5 saturated heterocycles. The maximum Gasteiger partial charge on any atom is 0.573 e. The van der Waals surface area contributed by atoms with Gasteiger partial charge in [0.05, 0.1) is 94.6 Å². The molecule has 5 fully saturated rings. The molecule has 10 heterocycles. The highest BCUT2D eigenvalue weighted by atomic mass is 35.5. The van der Waals surface area contributed by atoms with E-state index in [0.29, 0.717) is 141 Å². The van der Waals surface area contributed by atoms with Crippen molar-refractivity contribution in [1.29, 1.82) is 16.2 Å². The van der Waals surface area contributed by atoms with E-state index in [0.717, 1.165) is 69.6 Å². The average molecular weight is 2140 g/mol. The Balaban J connectivity index is 0.000000135. The number of ether oxygens (including phenoxy) is 1. The zero-order chi connectivity index (χ0) is 102. The molecule has 10 N–H and O–H groups in total. The number of phenols is 1. The molecular formula is C98H58Cl5F4N11O19S6. The highest BCUT2D eigenvalue weighted by Gasteiger charge is 2.39. The summed E-state index contributed by atoms with van der Waals surface area (Å²) in [5, 5.41) is 79.9. The average Bonchev–Trinajstić information content (AvgIpc) is 1.64. The number of benzene rings is 9. The summed E-state index contributed by atoms with van der Waals surface area (Å²) in [6, 6.07) is 63.4. The van der Waals surface area contributed by atoms with Gasteiger partial charge in [-0.25, -0.2) is 43.4 Å². The molecule has 19 rings (SSSR count). The van der Waals surface area contributed by atoms with Crippen molar-refractivity contribution in [2.75, 3.05) is 14.7 Å². The van der Waals surface area contributed by atoms with Gasteiger partial charge < -0.3 is 58.6 Å². The number of carbonyl (C=O) groups is 9. The van der Waals surface area contributed by atoms with Crippen molar-refractivity contribution in [3.05, 3.63) is 367 Å². The fraction of sp³-hybridized carbons (Fsp3) is 0.0102. The summed E-state index contributed by atoms with van der Waals surface area (Å²) in [4.78, 5) is 125. The summed E-state index contributed by atoms with van der Waals surface area (Å²) in [5.74, 6) is -3.51. The second kappa shape index (κ2) is 45.0. The van der Waals surface area contributed by atoms with Crippen molar-refractivity contribution in [1.82, 2.24) is 15.6 Å². The van der Waals surface area contributed by atoms with Crippen molar-refractivity contribution in [3.8, 4) is 56.8 Å². The van der Waals surface area contributed by atoms with Gasteiger partial charge in [-0.2, -0.15) is 0 Å². The largest absolute Gasteiger partial charge is 0.573 e. The second-order valence-electron chi connectivity index (χ2n) is 29.2. The Morgan fingerprint density at radius 3 is 1.36 bits per heavy atom. The summed E-state index contributed by atoms with van der Waals surface area (Å²) in [5.41, 5.74) is 4.92. The Labute approximate surface area is 853 Å². The van der Waals surface area contributed by atoms with Crippen LogP contribution in [0.1, 0.15) is 70.0 Å². The quantitative estimate of drug-likeness (QED) is 0.0265. The molecule has 0 bridgehead atoms. The molecule has 718 valence electrons. The van der Waals surface area contributed by atoms with Gasteiger partial charge in [-0.3, -0.25) is 50.0 Å². The number of halogens is 9. The van der Waals surface area contributed by atoms with Crippen LogP contribution in [0.5, 0.6) is 11.5 Å². The van der Waals surface area contributed by atoms with E-state index in [4.69, 9.17) is 102 Å². The van der Waals surface area contributed by atoms with E-state index >= 15 is 0 Å². The minimum absolute atomic E-state index is 0.0236. The number of thioether (sulfide) groups is 5. The molecule has 5 aromatic heterocycles. The van der Waals surface area contributed by atoms with Gasteiger partial charge in [0.15, 0.2) is 31.0 Å². The molecule has 5 amide bonds. The van der Waals surface area contributed by atoms with Crippen molar-refractivity contribution in [2.45, 2.75) is 6.36 Å². The number of aliphatic imine (C=N–C) groups is 2. The van der Waals surface area contributed by atoms with Crippen LogP contribution in [-0.4, -0.2) is 116 Å². The Morgan fingerprint density at radius 1 is 0.427 bits per heavy atom. The standard InChI is InChI=1S/C22H13F3N2O5S.C21H11Cl3N2O4S.C21H13ClN2O4S.C18H10ClN3O4S2.C16H11FN2O2S/c23-22(24,25)32-15-6-4-14(5-7-15)27-19(28)18(33-21(27)26)11-16-8-9-17(31-16)12-2-1-3-13(10-12)20(29)30;22-13-6-4-10(20(28)29)8-12(13)16-7-5-11(30-16)9-17-19(27)26-21(31-17)25-15-3-1-2-14(23)18(15)24;22-15-6-1-2-7-16(15)23-21-24-19(25)18(29-21)11-14-8-9-17(28-14)12-4-3-5-13(10-12)20(26)27;19-12-3-1-9(7-11(12)16(24)25)13-4-2-10(26-13)8-14-15(23)22(17(20)28-14)18-21-5-6-27-18;17-11-3-5-12(6-4-11)19-15(21)14(22-16(19)18)9-10-1-7-13(20)8-2-10/h1-11,26H,(H,29,30);1-9H,(H,28,29)(H,25,26,27);1-11H,(H,26,27)(H,23,24,25);1-8,20H,(H,24,25);1-9,18,20H/b18-11-,26-21?;17-9-;18-11-;14-8-,20-17?;14-9-,18-16?. The summed E-state index contributed by atoms with van der Waals surface area (Å²) in [7, 11) is 0. The Hall–Kier alpha value is -15.5. The number of alkyl halides is 3. The van der Waals surface area contributed by atoms with Gasteiger partial charge in [0.1, 0.15) is 63.4 Å². The lowest BCUT2D eigenvalue weighted by Gasteiger charge is -2.15. The number of nitrogens with zero attached hydrogens (tertiary/aromatic N) is 6. The van der Waals surface area contributed by atoms with Crippen molar-refractivity contribution in [2.24, 2.45) is 9.98 Å². The van der Waals surface area contributed by atoms with Crippen LogP contribution in [0.2, 0.25) is 25.1 Å². The van der Waals surface area contributed by atoms with E-state index in [2.05, 4.69) is 30.3 Å². The number of carboxylic acid groups (broad SMARTS) is 4. The van der Waals surface area contributed by atoms with Crippen LogP contribution in [0.15, 0.2) is 312 Å². The lowest BCUT2D eigenvalue weighted by molar-refractivity contribution is -0.274. The molecule has 14 aromatic rings. The number of aromatic carboxylic acids is 4. The molecule has 30 nitrogen and oxygen atoms in total. The van der Waals surface area contributed by atoms with Crippen LogP contribution >= 0.6 is 128 Å². The first-order valence-corrected chi connectivity index (χ1v) is 47.4. The van der Waals surface area contributed by atoms with Gasteiger partial charge >= 0.3 is 30.2 Å². The van der Waals surface area contributed by atoms with Gasteiger partial charge in [0.2, 0.25) is 0 Å². The third kappa shape index (κ3) is 25.5. The third-order valence-electron chi connectivity index (χ3n) is 19.6. The SMILES string of the molecule is N=C1S/C(=C\c2ccc(-c3ccc(Cl)c(C(=O)O)c3)o2)C(=O)N1c1nccs1.N=C1S/C(=C\c2ccc(-c3cccc(C(=O)O)c3)o2)C(=O)N1c1ccc(OC(F)(F)F)cc1.N=C1S/C(=C\c2ccc(O)cc2)C(=O)N1c1ccc(F)cc1.O=C1NC(=Nc2cccc(Cl)c2Cl)S/C1=C\c1ccc(-c2cc(C(=O)O)ccc2Cl)o1.O=C1NC(=Nc2ccccc2Cl)S/C1=C\c1ccc(-c2cccc(C(=O)O)c2)o1. The number of aromatic nitrogens is 1. The molecule has 0 unspecified atom stereocenters. The minimum Gasteiger partial charge on any atom is -0.508 e. The molecule has 0 aliphatic carbocycles. The van der Waals surface area contributed by atoms with Crippen LogP contribution in [0.25, 0.3) is 75.7 Å². The first-order chi connectivity index (χ1) is 68.4. The molecule has 143 heavy (non-hydrogen) atoms. The molecule has 0 saturated carbocycles. The molecule has 5 aliphatic rings. The van der Waals surface area contributed by atoms with E-state index in [-0.39, 0.29) is 82.8 Å². The number of thiazole rings is 1. The fourth-order valence-corrected chi connectivity index (χ4v) is 18.8. The number of phenolic OH excluding ortho intramolecular Hbond substituents is 1. The summed E-state index contributed by atoms with van der Waals surface area (Å²) < 4.78 is 76.7. The van der Waals surface area contributed by atoms with E-state index in [9.17, 15) is 76.0 Å². The number of aromatic hydroxyl groups is 1. The molecular weight excluding hydrogens is 2080 g/mol. The van der Waals surface area contributed by atoms with E-state index in [1.807, 2.05) is 6.07 Å². The Bertz CT molecular complexity index is 7740. The number of amidine groups is 5. The van der Waals surface area contributed by atoms with Crippen molar-refractivity contribution < 1.29 is 109 Å². The summed E-state index contributed by atoms with van der Waals surface area (Å²) in [6.45, 7) is 0. The number of para-hydroxylation sites is 1. The number of hydrogen-bond donors (Lipinski definition) is 10. The number of carbonyl (C=O) groups excluding carboxylic acids is 5. The maximum absolute atomic E-state index is 13.0. The van der Waals surface area contributed by atoms with Crippen molar-refractivity contribution >= 4 is 266 Å². The molecule has 9 aromatic carbocycles. The van der Waals surface area contributed by atoms with E-state index < -0.39 is 47.7 Å². The van der Waals surface area contributed by atoms with Crippen molar-refractivity contribution in [3.63, 3.8) is 0 Å². The zero-order valence-electron chi connectivity index (χ0n) is 71.7. The summed E-state index contributed by atoms with van der Waals surface area (Å²) in [6.07, 6.45) is 4.55. The lowest BCUT2D eigenvalue weighted by atomic mass is 10.1. The van der Waals surface area contributed by atoms with Gasteiger partial charge in [-0.05, 0) is 265 Å². The topological polar surface area (TPSA) is 460 Å². The smallest absolute Gasteiger partial charge is 0.508 e. The number of carboxylic acids is 4. The third-order valence-corrected chi connectivity index (χ3v) is 26.6. The molecule has 0 radical (unpaired) electrons. The minimum atomic E-state index is -4.83. The molecule has 5 aliphatic heterocycles. The van der Waals surface area contributed by atoms with Crippen LogP contribution in [0.3, 0.4) is 0 Å². The lowest BCUT2D eigenvalue weighted by Crippen LogP contribution is -2.28. The van der Waals surface area contributed by atoms with Crippen LogP contribution in [0, 0.1) is 22.0 Å². The van der Waals surface area contributed by atoms with Crippen LogP contribution in [-0.2, 0) is 24.0 Å². The van der Waals surface area contributed by atoms with Gasteiger partial charge in [0.25, 0.3) is 29.5 Å². The van der Waals surface area contributed by atoms with Gasteiger partial charge in [-0.1, -0.05) is 113 Å². The normalized spacial score (nSPS) is 16.0. The fourth-order valence-electron chi connectivity index (χ4n) is 13.0. The first kappa shape index (κ1) is 102. The Kier molecular flexibility index (Phi) is 32.1. The molecule has 0 spiro atoms. The first-order valence-electron chi connectivity index (χ1n) is 40.6. The predicted molar refractivity (Wildman–Crippen MR) is 546 cm³/mol. The number of rotatable bonds is 19.